The quantitative estimate of drug-likeness (QED) is 0.803. The molecule has 0 unspecified atom stereocenters. The van der Waals surface area contributed by atoms with Gasteiger partial charge >= 0.3 is 0 Å². The van der Waals surface area contributed by atoms with E-state index >= 15 is 0 Å². The van der Waals surface area contributed by atoms with Crippen molar-refractivity contribution < 1.29 is 4.79 Å². The Balaban J connectivity index is 2.41. The highest BCUT2D eigenvalue weighted by atomic mass is 32.1. The molecule has 1 N–H and O–H groups in total. The Morgan fingerprint density at radius 2 is 2.38 bits per heavy atom. The van der Waals surface area contributed by atoms with Gasteiger partial charge in [0.15, 0.2) is 0 Å². The van der Waals surface area contributed by atoms with Crippen LogP contribution in [0.3, 0.4) is 0 Å². The molecule has 0 saturated carbocycles. The number of nitrogens with one attached hydrogen (secondary N) is 1. The van der Waals surface area contributed by atoms with E-state index in [1.165, 1.54) is 23.1 Å². The molecule has 1 aliphatic heterocycles. The topological polar surface area (TPSA) is 56.1 Å². The fourth-order valence-electron chi connectivity index (χ4n) is 1.90. The number of rotatable bonds is 1. The monoisotopic (exact) mass is 235 g/mol. The lowest BCUT2D eigenvalue weighted by Gasteiger charge is -2.21. The van der Waals surface area contributed by atoms with Crippen molar-refractivity contribution in [3.63, 3.8) is 0 Å². The Morgan fingerprint density at radius 3 is 3.00 bits per heavy atom. The lowest BCUT2D eigenvalue weighted by molar-refractivity contribution is -0.114. The minimum atomic E-state index is -0.122. The first kappa shape index (κ1) is 11.1. The van der Waals surface area contributed by atoms with Crippen LogP contribution >= 0.6 is 11.3 Å². The SMILES string of the molecule is CC(=O)Nc1sc2c(c1C#N)CCN(C)C2. The summed E-state index contributed by atoms with van der Waals surface area (Å²) in [7, 11) is 2.06. The molecule has 2 heterocycles. The summed E-state index contributed by atoms with van der Waals surface area (Å²) in [6.45, 7) is 3.30. The van der Waals surface area contributed by atoms with Crippen LogP contribution in [0.5, 0.6) is 0 Å². The van der Waals surface area contributed by atoms with E-state index in [-0.39, 0.29) is 5.91 Å². The van der Waals surface area contributed by atoms with Gasteiger partial charge in [0.25, 0.3) is 0 Å². The third-order valence-electron chi connectivity index (χ3n) is 2.65. The van der Waals surface area contributed by atoms with E-state index in [4.69, 9.17) is 5.26 Å². The van der Waals surface area contributed by atoms with Gasteiger partial charge in [0.1, 0.15) is 11.1 Å². The van der Waals surface area contributed by atoms with E-state index < -0.39 is 0 Å². The summed E-state index contributed by atoms with van der Waals surface area (Å²) in [5, 5.41) is 12.6. The van der Waals surface area contributed by atoms with Crippen LogP contribution in [0.4, 0.5) is 5.00 Å². The Morgan fingerprint density at radius 1 is 1.62 bits per heavy atom. The molecule has 1 aliphatic rings. The van der Waals surface area contributed by atoms with Gasteiger partial charge in [-0.05, 0) is 19.0 Å². The predicted molar refractivity (Wildman–Crippen MR) is 63.4 cm³/mol. The molecule has 0 atom stereocenters. The second-order valence-electron chi connectivity index (χ2n) is 3.99. The lowest BCUT2D eigenvalue weighted by atomic mass is 10.0. The summed E-state index contributed by atoms with van der Waals surface area (Å²) in [6, 6.07) is 2.20. The molecule has 1 aromatic rings. The number of hydrogen-bond acceptors (Lipinski definition) is 4. The molecule has 5 heteroatoms. The molecular weight excluding hydrogens is 222 g/mol. The highest BCUT2D eigenvalue weighted by Gasteiger charge is 2.23. The molecule has 0 fully saturated rings. The predicted octanol–water partition coefficient (Wildman–Crippen LogP) is 1.57. The van der Waals surface area contributed by atoms with E-state index in [9.17, 15) is 4.79 Å². The fraction of sp³-hybridized carbons (Fsp3) is 0.455. The van der Waals surface area contributed by atoms with E-state index in [0.29, 0.717) is 10.6 Å². The Bertz CT molecular complexity index is 472. The molecule has 0 radical (unpaired) electrons. The van der Waals surface area contributed by atoms with Crippen molar-refractivity contribution in [3.8, 4) is 6.07 Å². The van der Waals surface area contributed by atoms with Gasteiger partial charge in [-0.2, -0.15) is 5.26 Å². The molecule has 0 saturated heterocycles. The van der Waals surface area contributed by atoms with Crippen LogP contribution in [0.25, 0.3) is 0 Å². The smallest absolute Gasteiger partial charge is 0.221 e. The maximum atomic E-state index is 11.0. The fourth-order valence-corrected chi connectivity index (χ4v) is 3.22. The summed E-state index contributed by atoms with van der Waals surface area (Å²) in [5.74, 6) is -0.122. The number of nitrogens with zero attached hydrogens (tertiary/aromatic N) is 2. The van der Waals surface area contributed by atoms with Crippen LogP contribution < -0.4 is 5.32 Å². The van der Waals surface area contributed by atoms with Crippen molar-refractivity contribution in [2.24, 2.45) is 0 Å². The molecule has 2 rings (SSSR count). The van der Waals surface area contributed by atoms with Crippen LogP contribution in [0.2, 0.25) is 0 Å². The van der Waals surface area contributed by atoms with Crippen molar-refractivity contribution in [2.75, 3.05) is 18.9 Å². The van der Waals surface area contributed by atoms with Crippen LogP contribution in [-0.4, -0.2) is 24.4 Å². The zero-order valence-corrected chi connectivity index (χ0v) is 10.1. The van der Waals surface area contributed by atoms with Crippen molar-refractivity contribution in [2.45, 2.75) is 19.9 Å². The second kappa shape index (κ2) is 4.24. The largest absolute Gasteiger partial charge is 0.317 e. The van der Waals surface area contributed by atoms with Crippen LogP contribution in [0.15, 0.2) is 0 Å². The van der Waals surface area contributed by atoms with Gasteiger partial charge in [0, 0.05) is 24.9 Å². The zero-order chi connectivity index (χ0) is 11.7. The van der Waals surface area contributed by atoms with Crippen LogP contribution in [0.1, 0.15) is 22.9 Å². The molecule has 1 amide bonds. The highest BCUT2D eigenvalue weighted by molar-refractivity contribution is 7.16. The van der Waals surface area contributed by atoms with Gasteiger partial charge < -0.3 is 10.2 Å². The second-order valence-corrected chi connectivity index (χ2v) is 5.09. The van der Waals surface area contributed by atoms with E-state index in [0.717, 1.165) is 25.1 Å². The normalized spacial score (nSPS) is 15.3. The van der Waals surface area contributed by atoms with Gasteiger partial charge in [-0.15, -0.1) is 11.3 Å². The summed E-state index contributed by atoms with van der Waals surface area (Å²) in [4.78, 5) is 14.5. The molecular formula is C11H13N3OS. The number of anilines is 1. The number of hydrogen-bond donors (Lipinski definition) is 1. The summed E-state index contributed by atoms with van der Waals surface area (Å²) < 4.78 is 0. The zero-order valence-electron chi connectivity index (χ0n) is 9.33. The summed E-state index contributed by atoms with van der Waals surface area (Å²) in [5.41, 5.74) is 1.78. The van der Waals surface area contributed by atoms with Crippen molar-refractivity contribution >= 4 is 22.2 Å². The first-order chi connectivity index (χ1) is 7.61. The minimum Gasteiger partial charge on any atom is -0.317 e. The maximum absolute atomic E-state index is 11.0. The van der Waals surface area contributed by atoms with Gasteiger partial charge in [-0.25, -0.2) is 0 Å². The first-order valence-corrected chi connectivity index (χ1v) is 5.94. The number of thiophene rings is 1. The average molecular weight is 235 g/mol. The molecule has 0 spiro atoms. The molecule has 0 bridgehead atoms. The van der Waals surface area contributed by atoms with Gasteiger partial charge in [-0.1, -0.05) is 0 Å². The van der Waals surface area contributed by atoms with Crippen molar-refractivity contribution in [1.82, 2.24) is 4.90 Å². The van der Waals surface area contributed by atoms with E-state index in [2.05, 4.69) is 23.3 Å². The minimum absolute atomic E-state index is 0.122. The Hall–Kier alpha value is -1.38. The summed E-state index contributed by atoms with van der Waals surface area (Å²) >= 11 is 1.52. The third kappa shape index (κ3) is 1.94. The number of nitriles is 1. The molecule has 4 nitrogen and oxygen atoms in total. The molecule has 84 valence electrons. The number of fused-ring (bicyclic) bond motifs is 1. The lowest BCUT2D eigenvalue weighted by Crippen LogP contribution is -2.25. The standard InChI is InChI=1S/C11H13N3OS/c1-7(15)13-11-9(5-12)8-3-4-14(2)6-10(8)16-11/h3-4,6H2,1-2H3,(H,13,15). The Kier molecular flexibility index (Phi) is 2.95. The molecule has 0 aromatic carbocycles. The number of likely N-dealkylation sites (N-methyl/N-ethyl adjacent to an activating group) is 1. The average Bonchev–Trinajstić information content (AvgIpc) is 2.52. The van der Waals surface area contributed by atoms with Gasteiger partial charge in [-0.3, -0.25) is 4.79 Å². The maximum Gasteiger partial charge on any atom is 0.221 e. The van der Waals surface area contributed by atoms with Crippen LogP contribution in [0, 0.1) is 11.3 Å². The summed E-state index contributed by atoms with van der Waals surface area (Å²) in [6.07, 6.45) is 0.894. The van der Waals surface area contributed by atoms with Gasteiger partial charge in [0.2, 0.25) is 5.91 Å². The Labute approximate surface area is 98.5 Å². The third-order valence-corrected chi connectivity index (χ3v) is 3.78. The van der Waals surface area contributed by atoms with Crippen LogP contribution in [-0.2, 0) is 17.8 Å². The highest BCUT2D eigenvalue weighted by Crippen LogP contribution is 2.36. The van der Waals surface area contributed by atoms with Gasteiger partial charge in [0.05, 0.1) is 5.56 Å². The van der Waals surface area contributed by atoms with Crippen molar-refractivity contribution in [1.29, 1.82) is 5.26 Å². The molecule has 16 heavy (non-hydrogen) atoms. The molecule has 0 aliphatic carbocycles. The molecule has 1 aromatic heterocycles. The number of carbonyl (C=O) groups excluding carboxylic acids is 1. The number of amides is 1. The van der Waals surface area contributed by atoms with Crippen molar-refractivity contribution in [3.05, 3.63) is 16.0 Å². The van der Waals surface area contributed by atoms with E-state index in [1.54, 1.807) is 0 Å². The number of carbonyl (C=O) groups is 1. The first-order valence-electron chi connectivity index (χ1n) is 5.12. The van der Waals surface area contributed by atoms with E-state index in [1.807, 2.05) is 0 Å².